The van der Waals surface area contributed by atoms with Crippen LogP contribution in [0.1, 0.15) is 20.8 Å². The van der Waals surface area contributed by atoms with Crippen molar-refractivity contribution in [3.63, 3.8) is 0 Å². The molecule has 0 aliphatic carbocycles. The predicted molar refractivity (Wildman–Crippen MR) is 97.1 cm³/mol. The fourth-order valence-corrected chi connectivity index (χ4v) is 2.77. The lowest BCUT2D eigenvalue weighted by Gasteiger charge is -2.06. The summed E-state index contributed by atoms with van der Waals surface area (Å²) in [5, 5.41) is 6.55. The molecule has 3 rings (SSSR count). The lowest BCUT2D eigenvalue weighted by molar-refractivity contribution is 0.0925. The molecule has 5 nitrogen and oxygen atoms in total. The number of nitrogens with one attached hydrogen (secondary N) is 3. The third kappa shape index (κ3) is 3.83. The molecule has 0 fully saturated rings. The van der Waals surface area contributed by atoms with Crippen LogP contribution in [0, 0.1) is 0 Å². The van der Waals surface area contributed by atoms with Crippen molar-refractivity contribution in [2.45, 2.75) is 0 Å². The molecule has 0 spiro atoms. The van der Waals surface area contributed by atoms with Crippen molar-refractivity contribution >= 4 is 38.6 Å². The van der Waals surface area contributed by atoms with E-state index in [-0.39, 0.29) is 11.8 Å². The minimum atomic E-state index is -0.192. The largest absolute Gasteiger partial charge is 0.351 e. The first-order chi connectivity index (χ1) is 11.6. The second-order valence-corrected chi connectivity index (χ2v) is 6.21. The van der Waals surface area contributed by atoms with E-state index in [2.05, 4.69) is 31.5 Å². The summed E-state index contributed by atoms with van der Waals surface area (Å²) in [6.07, 6.45) is 0. The normalized spacial score (nSPS) is 10.5. The number of rotatable bonds is 5. The van der Waals surface area contributed by atoms with Gasteiger partial charge >= 0.3 is 0 Å². The molecule has 6 heteroatoms. The highest BCUT2D eigenvalue weighted by Crippen LogP contribution is 2.14. The van der Waals surface area contributed by atoms with Gasteiger partial charge in [0.05, 0.1) is 0 Å². The number of halogens is 1. The van der Waals surface area contributed by atoms with Crippen LogP contribution in [0.25, 0.3) is 10.9 Å². The molecule has 2 amide bonds. The maximum absolute atomic E-state index is 12.1. The van der Waals surface area contributed by atoms with E-state index < -0.39 is 0 Å². The van der Waals surface area contributed by atoms with Crippen LogP contribution in [0.4, 0.5) is 0 Å². The van der Waals surface area contributed by atoms with Gasteiger partial charge in [0.25, 0.3) is 11.8 Å². The third-order valence-electron chi connectivity index (χ3n) is 3.56. The first-order valence-electron chi connectivity index (χ1n) is 7.53. The van der Waals surface area contributed by atoms with Crippen molar-refractivity contribution in [3.8, 4) is 0 Å². The van der Waals surface area contributed by atoms with Crippen LogP contribution < -0.4 is 10.6 Å². The molecule has 1 heterocycles. The zero-order valence-corrected chi connectivity index (χ0v) is 14.4. The van der Waals surface area contributed by atoms with Crippen LogP contribution in [-0.2, 0) is 0 Å². The van der Waals surface area contributed by atoms with Gasteiger partial charge in [0.1, 0.15) is 5.69 Å². The molecule has 122 valence electrons. The fraction of sp³-hybridized carbons (Fsp3) is 0.111. The number of carbonyl (C=O) groups excluding carboxylic acids is 2. The van der Waals surface area contributed by atoms with E-state index in [1.807, 2.05) is 36.4 Å². The second kappa shape index (κ2) is 7.31. The summed E-state index contributed by atoms with van der Waals surface area (Å²) in [6, 6.07) is 16.7. The van der Waals surface area contributed by atoms with Crippen LogP contribution >= 0.6 is 15.9 Å². The number of aromatic amines is 1. The molecule has 0 atom stereocenters. The number of carbonyl (C=O) groups is 2. The standard InChI is InChI=1S/C18H16BrN3O2/c19-14-6-3-5-13(10-14)17(23)20-8-9-21-18(24)16-11-12-4-1-2-7-15(12)22-16/h1-7,10-11,22H,8-9H2,(H,20,23)(H,21,24). The Morgan fingerprint density at radius 1 is 0.917 bits per heavy atom. The molecule has 0 saturated heterocycles. The number of benzene rings is 2. The fourth-order valence-electron chi connectivity index (χ4n) is 2.37. The summed E-state index contributed by atoms with van der Waals surface area (Å²) in [6.45, 7) is 0.714. The molecule has 3 aromatic rings. The number of hydrogen-bond donors (Lipinski definition) is 3. The third-order valence-corrected chi connectivity index (χ3v) is 4.05. The molecule has 3 N–H and O–H groups in total. The van der Waals surface area contributed by atoms with Crippen molar-refractivity contribution in [3.05, 3.63) is 70.3 Å². The molecule has 0 aliphatic rings. The Hall–Kier alpha value is -2.60. The van der Waals surface area contributed by atoms with Gasteiger partial charge in [-0.2, -0.15) is 0 Å². The number of fused-ring (bicyclic) bond motifs is 1. The summed E-state index contributed by atoms with van der Waals surface area (Å²) in [4.78, 5) is 27.2. The zero-order chi connectivity index (χ0) is 16.9. The van der Waals surface area contributed by atoms with Gasteiger partial charge in [0.15, 0.2) is 0 Å². The van der Waals surface area contributed by atoms with Gasteiger partial charge < -0.3 is 15.6 Å². The molecule has 0 bridgehead atoms. The Balaban J connectivity index is 1.49. The van der Waals surface area contributed by atoms with E-state index in [0.717, 1.165) is 15.4 Å². The van der Waals surface area contributed by atoms with Gasteiger partial charge in [-0.3, -0.25) is 9.59 Å². The van der Waals surface area contributed by atoms with E-state index in [1.165, 1.54) is 0 Å². The van der Waals surface area contributed by atoms with E-state index in [9.17, 15) is 9.59 Å². The van der Waals surface area contributed by atoms with Crippen LogP contribution in [0.3, 0.4) is 0 Å². The van der Waals surface area contributed by atoms with Crippen molar-refractivity contribution in [1.82, 2.24) is 15.6 Å². The van der Waals surface area contributed by atoms with E-state index >= 15 is 0 Å². The number of para-hydroxylation sites is 1. The minimum Gasteiger partial charge on any atom is -0.351 e. The van der Waals surface area contributed by atoms with Gasteiger partial charge in [-0.15, -0.1) is 0 Å². The molecular formula is C18H16BrN3O2. The highest BCUT2D eigenvalue weighted by atomic mass is 79.9. The van der Waals surface area contributed by atoms with Crippen molar-refractivity contribution in [2.75, 3.05) is 13.1 Å². The van der Waals surface area contributed by atoms with Crippen LogP contribution in [0.5, 0.6) is 0 Å². The summed E-state index contributed by atoms with van der Waals surface area (Å²) < 4.78 is 0.849. The monoisotopic (exact) mass is 385 g/mol. The topological polar surface area (TPSA) is 74.0 Å². The first kappa shape index (κ1) is 16.3. The lowest BCUT2D eigenvalue weighted by Crippen LogP contribution is -2.34. The highest BCUT2D eigenvalue weighted by molar-refractivity contribution is 9.10. The maximum Gasteiger partial charge on any atom is 0.267 e. The average Bonchev–Trinajstić information content (AvgIpc) is 3.02. The highest BCUT2D eigenvalue weighted by Gasteiger charge is 2.09. The minimum absolute atomic E-state index is 0.170. The Kier molecular flexibility index (Phi) is 4.96. The lowest BCUT2D eigenvalue weighted by atomic mass is 10.2. The predicted octanol–water partition coefficient (Wildman–Crippen LogP) is 3.09. The van der Waals surface area contributed by atoms with Gasteiger partial charge in [-0.1, -0.05) is 40.2 Å². The Bertz CT molecular complexity index is 856. The van der Waals surface area contributed by atoms with Gasteiger partial charge in [-0.25, -0.2) is 0 Å². The zero-order valence-electron chi connectivity index (χ0n) is 12.8. The van der Waals surface area contributed by atoms with Crippen molar-refractivity contribution in [2.24, 2.45) is 0 Å². The van der Waals surface area contributed by atoms with Crippen LogP contribution in [-0.4, -0.2) is 29.9 Å². The molecule has 0 aliphatic heterocycles. The number of amides is 2. The van der Waals surface area contributed by atoms with E-state index in [4.69, 9.17) is 0 Å². The maximum atomic E-state index is 12.1. The number of aromatic nitrogens is 1. The van der Waals surface area contributed by atoms with Crippen molar-refractivity contribution in [1.29, 1.82) is 0 Å². The smallest absolute Gasteiger partial charge is 0.267 e. The van der Waals surface area contributed by atoms with Gasteiger partial charge in [-0.05, 0) is 30.3 Å². The van der Waals surface area contributed by atoms with Crippen LogP contribution in [0.2, 0.25) is 0 Å². The average molecular weight is 386 g/mol. The number of H-pyrrole nitrogens is 1. The molecule has 0 radical (unpaired) electrons. The molecule has 2 aromatic carbocycles. The Morgan fingerprint density at radius 2 is 1.67 bits per heavy atom. The van der Waals surface area contributed by atoms with Crippen LogP contribution in [0.15, 0.2) is 59.1 Å². The summed E-state index contributed by atoms with van der Waals surface area (Å²) >= 11 is 3.33. The summed E-state index contributed by atoms with van der Waals surface area (Å²) in [5.74, 6) is -0.362. The quantitative estimate of drug-likeness (QED) is 0.590. The Morgan fingerprint density at radius 3 is 2.42 bits per heavy atom. The SMILES string of the molecule is O=C(NCCNC(=O)c1cc2ccccc2[nH]1)c1cccc(Br)c1. The molecular weight excluding hydrogens is 370 g/mol. The molecule has 0 unspecified atom stereocenters. The Labute approximate surface area is 147 Å². The molecule has 24 heavy (non-hydrogen) atoms. The molecule has 1 aromatic heterocycles. The summed E-state index contributed by atoms with van der Waals surface area (Å²) in [7, 11) is 0. The van der Waals surface area contributed by atoms with Crippen molar-refractivity contribution < 1.29 is 9.59 Å². The molecule has 0 saturated carbocycles. The van der Waals surface area contributed by atoms with Gasteiger partial charge in [0.2, 0.25) is 0 Å². The van der Waals surface area contributed by atoms with E-state index in [0.29, 0.717) is 24.3 Å². The second-order valence-electron chi connectivity index (χ2n) is 5.29. The van der Waals surface area contributed by atoms with E-state index in [1.54, 1.807) is 18.2 Å². The first-order valence-corrected chi connectivity index (χ1v) is 8.32. The summed E-state index contributed by atoms with van der Waals surface area (Å²) in [5.41, 5.74) is 2.01. The number of hydrogen-bond acceptors (Lipinski definition) is 2. The van der Waals surface area contributed by atoms with Gasteiger partial charge in [0, 0.05) is 34.0 Å².